The predicted molar refractivity (Wildman–Crippen MR) is 90.0 cm³/mol. The number of carbonyl (C=O) groups is 2. The number of para-hydroxylation sites is 1. The summed E-state index contributed by atoms with van der Waals surface area (Å²) in [5, 5.41) is 13.1. The Morgan fingerprint density at radius 3 is 2.88 bits per heavy atom. The number of ether oxygens (including phenoxy) is 1. The fraction of sp³-hybridized carbons (Fsp3) is 0.444. The molecule has 0 radical (unpaired) electrons. The molecule has 24 heavy (non-hydrogen) atoms. The Bertz CT molecular complexity index is 753. The summed E-state index contributed by atoms with van der Waals surface area (Å²) >= 11 is 0. The van der Waals surface area contributed by atoms with Crippen LogP contribution in [0.25, 0.3) is 10.9 Å². The third kappa shape index (κ3) is 3.14. The van der Waals surface area contributed by atoms with E-state index < -0.39 is 11.9 Å². The number of carbonyl (C=O) groups excluding carboxylic acids is 1. The van der Waals surface area contributed by atoms with Crippen molar-refractivity contribution in [1.82, 2.24) is 9.88 Å². The molecule has 1 fully saturated rings. The van der Waals surface area contributed by atoms with Crippen LogP contribution in [-0.4, -0.2) is 41.3 Å². The Hall–Kier alpha value is -2.34. The highest BCUT2D eigenvalue weighted by molar-refractivity contribution is 6.07. The van der Waals surface area contributed by atoms with Crippen molar-refractivity contribution >= 4 is 22.8 Å². The number of hydrogen-bond donors (Lipinski definition) is 2. The smallest absolute Gasteiger partial charge is 0.308 e. The van der Waals surface area contributed by atoms with Gasteiger partial charge in [-0.05, 0) is 18.9 Å². The van der Waals surface area contributed by atoms with Crippen LogP contribution < -0.4 is 5.32 Å². The van der Waals surface area contributed by atoms with Gasteiger partial charge in [-0.3, -0.25) is 9.59 Å². The first-order chi connectivity index (χ1) is 11.6. The van der Waals surface area contributed by atoms with Gasteiger partial charge in [0.1, 0.15) is 0 Å². The van der Waals surface area contributed by atoms with Crippen LogP contribution in [0.2, 0.25) is 0 Å². The summed E-state index contributed by atoms with van der Waals surface area (Å²) in [6.45, 7) is 1.22. The molecular weight excluding hydrogens is 308 g/mol. The largest absolute Gasteiger partial charge is 0.481 e. The summed E-state index contributed by atoms with van der Waals surface area (Å²) in [6, 6.07) is 7.42. The number of benzene rings is 1. The third-order valence-electron chi connectivity index (χ3n) is 4.72. The number of nitrogens with one attached hydrogen (secondary N) is 1. The van der Waals surface area contributed by atoms with Crippen molar-refractivity contribution in [3.8, 4) is 0 Å². The second-order valence-corrected chi connectivity index (χ2v) is 6.20. The van der Waals surface area contributed by atoms with E-state index in [4.69, 9.17) is 4.74 Å². The van der Waals surface area contributed by atoms with E-state index in [9.17, 15) is 14.7 Å². The maximum absolute atomic E-state index is 12.7. The molecule has 1 aromatic heterocycles. The first-order valence-corrected chi connectivity index (χ1v) is 8.22. The highest BCUT2D eigenvalue weighted by atomic mass is 16.5. The van der Waals surface area contributed by atoms with Crippen molar-refractivity contribution in [2.24, 2.45) is 5.92 Å². The minimum Gasteiger partial charge on any atom is -0.481 e. The molecule has 0 bridgehead atoms. The van der Waals surface area contributed by atoms with E-state index in [2.05, 4.69) is 5.32 Å². The van der Waals surface area contributed by atoms with Crippen molar-refractivity contribution < 1.29 is 19.4 Å². The van der Waals surface area contributed by atoms with Crippen LogP contribution in [0.15, 0.2) is 30.5 Å². The summed E-state index contributed by atoms with van der Waals surface area (Å²) in [6.07, 6.45) is 3.99. The number of methoxy groups -OCH3 is 1. The Balaban J connectivity index is 1.85. The number of hydrogen-bond acceptors (Lipinski definition) is 3. The summed E-state index contributed by atoms with van der Waals surface area (Å²) in [7, 11) is 1.64. The van der Waals surface area contributed by atoms with E-state index in [0.717, 1.165) is 17.3 Å². The molecule has 0 unspecified atom stereocenters. The average molecular weight is 330 g/mol. The maximum Gasteiger partial charge on any atom is 0.308 e. The molecule has 2 atom stereocenters. The first-order valence-electron chi connectivity index (χ1n) is 8.22. The van der Waals surface area contributed by atoms with Gasteiger partial charge in [0.15, 0.2) is 0 Å². The van der Waals surface area contributed by atoms with Gasteiger partial charge in [-0.25, -0.2) is 0 Å². The SMILES string of the molecule is COCCn1cc(C(=O)N[C@@H]2CCC[C@@H]2C(=O)O)c2ccccc21. The third-order valence-corrected chi connectivity index (χ3v) is 4.72. The van der Waals surface area contributed by atoms with E-state index in [1.807, 2.05) is 35.0 Å². The lowest BCUT2D eigenvalue weighted by Gasteiger charge is -2.17. The Labute approximate surface area is 140 Å². The fourth-order valence-electron chi connectivity index (χ4n) is 3.48. The summed E-state index contributed by atoms with van der Waals surface area (Å²) in [4.78, 5) is 24.0. The zero-order valence-corrected chi connectivity index (χ0v) is 13.7. The van der Waals surface area contributed by atoms with Gasteiger partial charge >= 0.3 is 5.97 Å². The number of nitrogens with zero attached hydrogens (tertiary/aromatic N) is 1. The minimum absolute atomic E-state index is 0.208. The van der Waals surface area contributed by atoms with Crippen LogP contribution in [0.4, 0.5) is 0 Å². The molecule has 6 heteroatoms. The van der Waals surface area contributed by atoms with E-state index in [0.29, 0.717) is 31.6 Å². The standard InChI is InChI=1S/C18H22N2O4/c1-24-10-9-20-11-14(12-5-2-3-8-16(12)20)17(21)19-15-7-4-6-13(15)18(22)23/h2-3,5,8,11,13,15H,4,6-7,9-10H2,1H3,(H,19,21)(H,22,23)/t13-,15+/m0/s1. The van der Waals surface area contributed by atoms with Crippen LogP contribution in [-0.2, 0) is 16.1 Å². The van der Waals surface area contributed by atoms with Gasteiger partial charge in [0.05, 0.1) is 18.1 Å². The minimum atomic E-state index is -0.833. The molecule has 128 valence electrons. The van der Waals surface area contributed by atoms with Gasteiger partial charge in [-0.1, -0.05) is 24.6 Å². The summed E-state index contributed by atoms with van der Waals surface area (Å²) < 4.78 is 7.12. The molecule has 0 aliphatic heterocycles. The predicted octanol–water partition coefficient (Wildman–Crippen LogP) is 2.27. The second kappa shape index (κ2) is 7.05. The highest BCUT2D eigenvalue weighted by Crippen LogP contribution is 2.27. The van der Waals surface area contributed by atoms with Gasteiger partial charge in [0, 0.05) is 36.8 Å². The molecule has 6 nitrogen and oxygen atoms in total. The lowest BCUT2D eigenvalue weighted by atomic mass is 10.0. The normalized spacial score (nSPS) is 20.4. The van der Waals surface area contributed by atoms with Crippen molar-refractivity contribution in [2.75, 3.05) is 13.7 Å². The summed E-state index contributed by atoms with van der Waals surface area (Å²) in [5.74, 6) is -1.53. The van der Waals surface area contributed by atoms with Crippen molar-refractivity contribution in [1.29, 1.82) is 0 Å². The van der Waals surface area contributed by atoms with Crippen molar-refractivity contribution in [3.63, 3.8) is 0 Å². The van der Waals surface area contributed by atoms with Gasteiger partial charge in [0.2, 0.25) is 0 Å². The monoisotopic (exact) mass is 330 g/mol. The van der Waals surface area contributed by atoms with E-state index in [1.54, 1.807) is 7.11 Å². The molecule has 2 N–H and O–H groups in total. The molecule has 1 aliphatic rings. The molecule has 1 aromatic carbocycles. The number of rotatable bonds is 6. The Morgan fingerprint density at radius 1 is 1.33 bits per heavy atom. The molecule has 1 amide bonds. The number of fused-ring (bicyclic) bond motifs is 1. The van der Waals surface area contributed by atoms with Crippen molar-refractivity contribution in [3.05, 3.63) is 36.0 Å². The fourth-order valence-corrected chi connectivity index (χ4v) is 3.48. The van der Waals surface area contributed by atoms with Crippen LogP contribution in [0.5, 0.6) is 0 Å². The number of aromatic nitrogens is 1. The van der Waals surface area contributed by atoms with Gasteiger partial charge < -0.3 is 19.7 Å². The molecule has 1 heterocycles. The molecule has 0 saturated heterocycles. The van der Waals surface area contributed by atoms with E-state index >= 15 is 0 Å². The molecular formula is C18H22N2O4. The van der Waals surface area contributed by atoms with Crippen LogP contribution in [0.3, 0.4) is 0 Å². The topological polar surface area (TPSA) is 80.6 Å². The highest BCUT2D eigenvalue weighted by Gasteiger charge is 2.34. The maximum atomic E-state index is 12.7. The molecule has 2 aromatic rings. The van der Waals surface area contributed by atoms with Gasteiger partial charge in [-0.15, -0.1) is 0 Å². The molecule has 0 spiro atoms. The molecule has 1 saturated carbocycles. The van der Waals surface area contributed by atoms with Crippen LogP contribution in [0, 0.1) is 5.92 Å². The lowest BCUT2D eigenvalue weighted by Crippen LogP contribution is -2.40. The first kappa shape index (κ1) is 16.5. The van der Waals surface area contributed by atoms with Crippen molar-refractivity contribution in [2.45, 2.75) is 31.8 Å². The number of carboxylic acids is 1. The zero-order valence-electron chi connectivity index (χ0n) is 13.7. The number of amides is 1. The number of aliphatic carboxylic acids is 1. The second-order valence-electron chi connectivity index (χ2n) is 6.20. The zero-order chi connectivity index (χ0) is 17.1. The van der Waals surface area contributed by atoms with Crippen LogP contribution >= 0.6 is 0 Å². The van der Waals surface area contributed by atoms with Gasteiger partial charge in [0.25, 0.3) is 5.91 Å². The Kier molecular flexibility index (Phi) is 4.85. The van der Waals surface area contributed by atoms with E-state index in [-0.39, 0.29) is 11.9 Å². The average Bonchev–Trinajstić information content (AvgIpc) is 3.17. The van der Waals surface area contributed by atoms with E-state index in [1.165, 1.54) is 0 Å². The quantitative estimate of drug-likeness (QED) is 0.851. The molecule has 3 rings (SSSR count). The van der Waals surface area contributed by atoms with Gasteiger partial charge in [-0.2, -0.15) is 0 Å². The lowest BCUT2D eigenvalue weighted by molar-refractivity contribution is -0.142. The number of carboxylic acid groups (broad SMARTS) is 1. The Morgan fingerprint density at radius 2 is 2.12 bits per heavy atom. The van der Waals surface area contributed by atoms with Crippen LogP contribution in [0.1, 0.15) is 29.6 Å². The molecule has 1 aliphatic carbocycles. The summed E-state index contributed by atoms with van der Waals surface area (Å²) in [5.41, 5.74) is 1.55.